The molecule has 1 aromatic carbocycles. The van der Waals surface area contributed by atoms with Crippen LogP contribution in [0.3, 0.4) is 0 Å². The number of benzene rings is 1. The maximum absolute atomic E-state index is 12.1. The topological polar surface area (TPSA) is 22.1 Å². The van der Waals surface area contributed by atoms with Crippen LogP contribution in [0.15, 0.2) is 48.7 Å². The lowest BCUT2D eigenvalue weighted by Gasteiger charge is -2.18. The van der Waals surface area contributed by atoms with E-state index < -0.39 is 6.61 Å². The highest BCUT2D eigenvalue weighted by molar-refractivity contribution is 6.21. The van der Waals surface area contributed by atoms with Crippen LogP contribution in [0, 0.1) is 0 Å². The quantitative estimate of drug-likeness (QED) is 0.742. The van der Waals surface area contributed by atoms with Crippen molar-refractivity contribution in [3.63, 3.8) is 0 Å². The molecule has 106 valence electrons. The first kappa shape index (κ1) is 14.7. The highest BCUT2D eigenvalue weighted by Crippen LogP contribution is 2.35. The Balaban J connectivity index is 2.11. The van der Waals surface area contributed by atoms with Gasteiger partial charge in [0.05, 0.1) is 5.38 Å². The second kappa shape index (κ2) is 6.66. The van der Waals surface area contributed by atoms with Gasteiger partial charge in [0.25, 0.3) is 0 Å². The molecule has 0 radical (unpaired) electrons. The standard InChI is InChI=1S/C15H14ClF2NO/c1-10(13-4-2-3-9-19-13)14(16)11-5-7-12(8-6-11)20-15(17)18/h2-10,14-15H,1H3. The number of aromatic nitrogens is 1. The van der Waals surface area contributed by atoms with E-state index >= 15 is 0 Å². The maximum Gasteiger partial charge on any atom is 0.387 e. The first-order valence-electron chi connectivity index (χ1n) is 6.17. The number of hydrogen-bond acceptors (Lipinski definition) is 2. The van der Waals surface area contributed by atoms with Gasteiger partial charge in [-0.05, 0) is 29.8 Å². The molecule has 0 spiro atoms. The molecule has 0 amide bonds. The third-order valence-electron chi connectivity index (χ3n) is 3.02. The Kier molecular flexibility index (Phi) is 4.90. The van der Waals surface area contributed by atoms with Gasteiger partial charge in [-0.15, -0.1) is 11.6 Å². The van der Waals surface area contributed by atoms with Crippen LogP contribution in [-0.2, 0) is 0 Å². The normalized spacial score (nSPS) is 14.1. The minimum Gasteiger partial charge on any atom is -0.435 e. The fourth-order valence-corrected chi connectivity index (χ4v) is 2.19. The molecule has 1 heterocycles. The summed E-state index contributed by atoms with van der Waals surface area (Å²) in [5, 5.41) is -0.287. The molecule has 0 aliphatic heterocycles. The molecule has 0 fully saturated rings. The van der Waals surface area contributed by atoms with Gasteiger partial charge in [0.15, 0.2) is 0 Å². The summed E-state index contributed by atoms with van der Waals surface area (Å²) in [6, 6.07) is 12.0. The minimum atomic E-state index is -2.82. The van der Waals surface area contributed by atoms with Crippen LogP contribution < -0.4 is 4.74 Å². The number of rotatable bonds is 5. The van der Waals surface area contributed by atoms with E-state index in [1.54, 1.807) is 18.3 Å². The fourth-order valence-electron chi connectivity index (χ4n) is 1.92. The lowest BCUT2D eigenvalue weighted by atomic mass is 9.97. The fraction of sp³-hybridized carbons (Fsp3) is 0.267. The molecule has 0 aliphatic rings. The molecule has 5 heteroatoms. The summed E-state index contributed by atoms with van der Waals surface area (Å²) in [4.78, 5) is 4.27. The number of halogens is 3. The Morgan fingerprint density at radius 3 is 2.35 bits per heavy atom. The third-order valence-corrected chi connectivity index (χ3v) is 3.65. The van der Waals surface area contributed by atoms with Crippen LogP contribution in [0.25, 0.3) is 0 Å². The molecule has 20 heavy (non-hydrogen) atoms. The van der Waals surface area contributed by atoms with Gasteiger partial charge in [-0.3, -0.25) is 4.98 Å². The van der Waals surface area contributed by atoms with Crippen molar-refractivity contribution in [3.05, 3.63) is 59.9 Å². The van der Waals surface area contributed by atoms with E-state index in [1.165, 1.54) is 12.1 Å². The zero-order valence-corrected chi connectivity index (χ0v) is 11.6. The number of pyridine rings is 1. The van der Waals surface area contributed by atoms with Gasteiger partial charge in [-0.2, -0.15) is 8.78 Å². The van der Waals surface area contributed by atoms with Crippen molar-refractivity contribution in [2.45, 2.75) is 24.8 Å². The molecule has 1 aromatic heterocycles. The lowest BCUT2D eigenvalue weighted by molar-refractivity contribution is -0.0498. The second-order valence-electron chi connectivity index (χ2n) is 4.39. The van der Waals surface area contributed by atoms with E-state index in [9.17, 15) is 8.78 Å². The molecule has 0 bridgehead atoms. The molecule has 0 aliphatic carbocycles. The van der Waals surface area contributed by atoms with Crippen LogP contribution in [0.1, 0.15) is 29.5 Å². The van der Waals surface area contributed by atoms with Crippen LogP contribution in [0.5, 0.6) is 5.75 Å². The third kappa shape index (κ3) is 3.67. The van der Waals surface area contributed by atoms with Gasteiger partial charge in [0, 0.05) is 17.8 Å². The summed E-state index contributed by atoms with van der Waals surface area (Å²) < 4.78 is 28.5. The minimum absolute atomic E-state index is 0.0136. The Morgan fingerprint density at radius 2 is 1.80 bits per heavy atom. The number of alkyl halides is 3. The first-order chi connectivity index (χ1) is 9.58. The van der Waals surface area contributed by atoms with Crippen LogP contribution in [0.4, 0.5) is 8.78 Å². The summed E-state index contributed by atoms with van der Waals surface area (Å²) in [7, 11) is 0. The molecular weight excluding hydrogens is 284 g/mol. The zero-order chi connectivity index (χ0) is 14.5. The Bertz CT molecular complexity index is 533. The SMILES string of the molecule is CC(c1ccccn1)C(Cl)c1ccc(OC(F)F)cc1. The Labute approximate surface area is 121 Å². The van der Waals surface area contributed by atoms with Crippen molar-refractivity contribution >= 4 is 11.6 Å². The zero-order valence-electron chi connectivity index (χ0n) is 10.8. The van der Waals surface area contributed by atoms with E-state index in [2.05, 4.69) is 9.72 Å². The van der Waals surface area contributed by atoms with E-state index in [0.29, 0.717) is 0 Å². The van der Waals surface area contributed by atoms with Crippen molar-refractivity contribution in [1.82, 2.24) is 4.98 Å². The van der Waals surface area contributed by atoms with E-state index in [-0.39, 0.29) is 17.0 Å². The molecule has 2 nitrogen and oxygen atoms in total. The first-order valence-corrected chi connectivity index (χ1v) is 6.61. The Morgan fingerprint density at radius 1 is 1.10 bits per heavy atom. The molecule has 2 unspecified atom stereocenters. The smallest absolute Gasteiger partial charge is 0.387 e. The summed E-state index contributed by atoms with van der Waals surface area (Å²) in [6.45, 7) is -0.844. The van der Waals surface area contributed by atoms with Crippen LogP contribution in [-0.4, -0.2) is 11.6 Å². The van der Waals surface area contributed by atoms with Gasteiger partial charge in [-0.25, -0.2) is 0 Å². The number of hydrogen-bond donors (Lipinski definition) is 0. The van der Waals surface area contributed by atoms with Crippen molar-refractivity contribution in [3.8, 4) is 5.75 Å². The van der Waals surface area contributed by atoms with Gasteiger partial charge in [0.2, 0.25) is 0 Å². The van der Waals surface area contributed by atoms with E-state index in [1.807, 2.05) is 25.1 Å². The number of nitrogens with zero attached hydrogens (tertiary/aromatic N) is 1. The largest absolute Gasteiger partial charge is 0.435 e. The summed E-state index contributed by atoms with van der Waals surface area (Å²) in [6.07, 6.45) is 1.72. The van der Waals surface area contributed by atoms with Gasteiger partial charge < -0.3 is 4.74 Å². The lowest BCUT2D eigenvalue weighted by Crippen LogP contribution is -2.05. The van der Waals surface area contributed by atoms with Crippen molar-refractivity contribution in [2.75, 3.05) is 0 Å². The molecule has 2 atom stereocenters. The number of ether oxygens (including phenoxy) is 1. The van der Waals surface area contributed by atoms with E-state index in [0.717, 1.165) is 11.3 Å². The van der Waals surface area contributed by atoms with Crippen LogP contribution in [0.2, 0.25) is 0 Å². The molecule has 2 rings (SSSR count). The van der Waals surface area contributed by atoms with Gasteiger partial charge in [-0.1, -0.05) is 25.1 Å². The van der Waals surface area contributed by atoms with Gasteiger partial charge >= 0.3 is 6.61 Å². The van der Waals surface area contributed by atoms with Crippen LogP contribution >= 0.6 is 11.6 Å². The molecule has 0 N–H and O–H groups in total. The average Bonchev–Trinajstić information content (AvgIpc) is 2.47. The summed E-state index contributed by atoms with van der Waals surface area (Å²) in [5.74, 6) is 0.137. The maximum atomic E-state index is 12.1. The monoisotopic (exact) mass is 297 g/mol. The second-order valence-corrected chi connectivity index (χ2v) is 4.86. The predicted molar refractivity (Wildman–Crippen MR) is 74.3 cm³/mol. The van der Waals surface area contributed by atoms with Crippen molar-refractivity contribution in [1.29, 1.82) is 0 Å². The van der Waals surface area contributed by atoms with Crippen molar-refractivity contribution in [2.24, 2.45) is 0 Å². The average molecular weight is 298 g/mol. The van der Waals surface area contributed by atoms with Gasteiger partial charge in [0.1, 0.15) is 5.75 Å². The highest BCUT2D eigenvalue weighted by Gasteiger charge is 2.19. The van der Waals surface area contributed by atoms with E-state index in [4.69, 9.17) is 11.6 Å². The molecule has 0 saturated heterocycles. The summed E-state index contributed by atoms with van der Waals surface area (Å²) >= 11 is 6.42. The molecule has 0 saturated carbocycles. The van der Waals surface area contributed by atoms with Crippen molar-refractivity contribution < 1.29 is 13.5 Å². The Hall–Kier alpha value is -1.68. The molecule has 2 aromatic rings. The summed E-state index contributed by atoms with van der Waals surface area (Å²) in [5.41, 5.74) is 1.73. The predicted octanol–water partition coefficient (Wildman–Crippen LogP) is 4.77. The highest BCUT2D eigenvalue weighted by atomic mass is 35.5. The molecular formula is C15H14ClF2NO.